The van der Waals surface area contributed by atoms with Gasteiger partial charge in [0.2, 0.25) is 5.90 Å². The normalized spacial score (nSPS) is 14.6. The van der Waals surface area contributed by atoms with Crippen LogP contribution in [0.5, 0.6) is 5.75 Å². The molecule has 1 aliphatic rings. The van der Waals surface area contributed by atoms with Crippen LogP contribution >= 0.6 is 0 Å². The van der Waals surface area contributed by atoms with E-state index in [2.05, 4.69) is 24.0 Å². The Hall–Kier alpha value is -3.66. The fraction of sp³-hybridized carbons (Fsp3) is 0.120. The summed E-state index contributed by atoms with van der Waals surface area (Å²) in [5.41, 5.74) is 5.34. The number of hydrogen-bond donors (Lipinski definition) is 0. The van der Waals surface area contributed by atoms with Crippen molar-refractivity contribution in [1.82, 2.24) is 0 Å². The average Bonchev–Trinajstić information content (AvgIpc) is 3.09. The Balaban J connectivity index is 1.48. The van der Waals surface area contributed by atoms with Gasteiger partial charge in [-0.3, -0.25) is 0 Å². The van der Waals surface area contributed by atoms with E-state index >= 15 is 0 Å². The minimum atomic E-state index is -0.442. The van der Waals surface area contributed by atoms with Gasteiger partial charge in [0.05, 0.1) is 0 Å². The van der Waals surface area contributed by atoms with Crippen LogP contribution in [0.1, 0.15) is 27.8 Å². The quantitative estimate of drug-likeness (QED) is 0.448. The molecule has 0 saturated heterocycles. The van der Waals surface area contributed by atoms with Crippen molar-refractivity contribution in [3.05, 3.63) is 106 Å². The van der Waals surface area contributed by atoms with Crippen molar-refractivity contribution in [3.63, 3.8) is 0 Å². The average molecular weight is 383 g/mol. The molecular weight excluding hydrogens is 362 g/mol. The Morgan fingerprint density at radius 1 is 0.897 bits per heavy atom. The highest BCUT2D eigenvalue weighted by Gasteiger charge is 2.24. The molecule has 144 valence electrons. The predicted molar refractivity (Wildman–Crippen MR) is 114 cm³/mol. The van der Waals surface area contributed by atoms with E-state index in [1.807, 2.05) is 67.6 Å². The summed E-state index contributed by atoms with van der Waals surface area (Å²) in [4.78, 5) is 16.6. The van der Waals surface area contributed by atoms with Crippen molar-refractivity contribution < 1.29 is 14.3 Å². The summed E-state index contributed by atoms with van der Waals surface area (Å²) in [7, 11) is 0. The van der Waals surface area contributed by atoms with Gasteiger partial charge in [0.25, 0.3) is 0 Å². The molecule has 0 radical (unpaired) electrons. The van der Waals surface area contributed by atoms with Crippen LogP contribution in [0.15, 0.2) is 83.5 Å². The molecule has 4 rings (SSSR count). The Bertz CT molecular complexity index is 1110. The lowest BCUT2D eigenvalue weighted by Gasteiger charge is -2.08. The van der Waals surface area contributed by atoms with Crippen LogP contribution in [-0.4, -0.2) is 11.9 Å². The van der Waals surface area contributed by atoms with E-state index in [0.717, 1.165) is 28.0 Å². The number of carbonyl (C=O) groups is 1. The Morgan fingerprint density at radius 3 is 2.31 bits per heavy atom. The molecule has 0 saturated carbocycles. The number of carbonyl (C=O) groups excluding carboxylic acids is 1. The summed E-state index contributed by atoms with van der Waals surface area (Å²) in [6, 6.07) is 23.4. The van der Waals surface area contributed by atoms with Gasteiger partial charge in [-0.05, 0) is 60.4 Å². The smallest absolute Gasteiger partial charge is 0.363 e. The number of rotatable bonds is 5. The Labute approximate surface area is 170 Å². The molecule has 0 unspecified atom stereocenters. The zero-order valence-electron chi connectivity index (χ0n) is 16.4. The summed E-state index contributed by atoms with van der Waals surface area (Å²) in [5.74, 6) is 0.675. The molecule has 0 bridgehead atoms. The van der Waals surface area contributed by atoms with Crippen LogP contribution in [-0.2, 0) is 16.1 Å². The number of ether oxygens (including phenoxy) is 2. The number of hydrogen-bond acceptors (Lipinski definition) is 4. The third-order valence-electron chi connectivity index (χ3n) is 4.84. The standard InChI is InChI=1S/C25H21NO3/c1-17-7-3-5-9-20(17)16-28-21-13-11-19(12-14-21)15-23-25(27)29-24(26-23)22-10-6-4-8-18(22)2/h3-15H,16H2,1-2H3/b23-15-. The van der Waals surface area contributed by atoms with E-state index in [1.54, 1.807) is 6.08 Å². The van der Waals surface area contributed by atoms with Crippen molar-refractivity contribution in [2.24, 2.45) is 4.99 Å². The highest BCUT2D eigenvalue weighted by molar-refractivity contribution is 6.13. The molecule has 4 nitrogen and oxygen atoms in total. The van der Waals surface area contributed by atoms with E-state index in [4.69, 9.17) is 9.47 Å². The molecule has 29 heavy (non-hydrogen) atoms. The molecule has 3 aromatic carbocycles. The summed E-state index contributed by atoms with van der Waals surface area (Å²) < 4.78 is 11.2. The third-order valence-corrected chi connectivity index (χ3v) is 4.84. The molecule has 0 aromatic heterocycles. The van der Waals surface area contributed by atoms with Crippen molar-refractivity contribution in [2.75, 3.05) is 0 Å². The maximum absolute atomic E-state index is 12.2. The second-order valence-electron chi connectivity index (χ2n) is 6.94. The predicted octanol–water partition coefficient (Wildman–Crippen LogP) is 5.23. The van der Waals surface area contributed by atoms with Gasteiger partial charge in [-0.15, -0.1) is 0 Å². The Morgan fingerprint density at radius 2 is 1.59 bits per heavy atom. The van der Waals surface area contributed by atoms with Crippen LogP contribution in [0.4, 0.5) is 0 Å². The van der Waals surface area contributed by atoms with E-state index in [-0.39, 0.29) is 5.70 Å². The van der Waals surface area contributed by atoms with Crippen LogP contribution in [0.2, 0.25) is 0 Å². The SMILES string of the molecule is Cc1ccccc1COc1ccc(/C=C2\N=C(c3ccccc3C)OC2=O)cc1. The fourth-order valence-corrected chi connectivity index (χ4v) is 3.09. The first kappa shape index (κ1) is 18.7. The highest BCUT2D eigenvalue weighted by Crippen LogP contribution is 2.22. The molecule has 3 aromatic rings. The molecule has 4 heteroatoms. The molecule has 0 N–H and O–H groups in total. The van der Waals surface area contributed by atoms with Crippen LogP contribution in [0.25, 0.3) is 6.08 Å². The first-order chi connectivity index (χ1) is 14.1. The number of nitrogens with zero attached hydrogens (tertiary/aromatic N) is 1. The zero-order valence-corrected chi connectivity index (χ0v) is 16.4. The lowest BCUT2D eigenvalue weighted by atomic mass is 10.1. The van der Waals surface area contributed by atoms with Crippen LogP contribution in [0.3, 0.4) is 0 Å². The van der Waals surface area contributed by atoms with Gasteiger partial charge in [-0.2, -0.15) is 0 Å². The van der Waals surface area contributed by atoms with Gasteiger partial charge in [0.1, 0.15) is 12.4 Å². The number of aliphatic imine (C=N–C) groups is 1. The number of aryl methyl sites for hydroxylation is 2. The van der Waals surface area contributed by atoms with Crippen LogP contribution in [0, 0.1) is 13.8 Å². The molecular formula is C25H21NO3. The molecule has 0 amide bonds. The van der Waals surface area contributed by atoms with E-state index < -0.39 is 5.97 Å². The van der Waals surface area contributed by atoms with Gasteiger partial charge in [0, 0.05) is 5.56 Å². The van der Waals surface area contributed by atoms with Gasteiger partial charge in [0.15, 0.2) is 5.70 Å². The van der Waals surface area contributed by atoms with Gasteiger partial charge >= 0.3 is 5.97 Å². The number of cyclic esters (lactones) is 1. The Kier molecular flexibility index (Phi) is 5.25. The minimum Gasteiger partial charge on any atom is -0.489 e. The topological polar surface area (TPSA) is 47.9 Å². The van der Waals surface area contributed by atoms with E-state index in [0.29, 0.717) is 12.5 Å². The zero-order chi connectivity index (χ0) is 20.2. The first-order valence-electron chi connectivity index (χ1n) is 9.46. The maximum atomic E-state index is 12.2. The second-order valence-corrected chi connectivity index (χ2v) is 6.94. The summed E-state index contributed by atoms with van der Waals surface area (Å²) in [6.45, 7) is 4.55. The molecule has 0 aliphatic carbocycles. The van der Waals surface area contributed by atoms with Gasteiger partial charge in [-0.1, -0.05) is 54.6 Å². The van der Waals surface area contributed by atoms with Crippen LogP contribution < -0.4 is 4.74 Å². The summed E-state index contributed by atoms with van der Waals surface area (Å²) in [6.07, 6.45) is 1.72. The lowest BCUT2D eigenvalue weighted by molar-refractivity contribution is -0.129. The van der Waals surface area contributed by atoms with Gasteiger partial charge in [-0.25, -0.2) is 9.79 Å². The van der Waals surface area contributed by atoms with Crippen molar-refractivity contribution in [3.8, 4) is 5.75 Å². The van der Waals surface area contributed by atoms with E-state index in [9.17, 15) is 4.79 Å². The van der Waals surface area contributed by atoms with E-state index in [1.165, 1.54) is 5.56 Å². The highest BCUT2D eigenvalue weighted by atomic mass is 16.6. The van der Waals surface area contributed by atoms with Crippen molar-refractivity contribution in [1.29, 1.82) is 0 Å². The summed E-state index contributed by atoms with van der Waals surface area (Å²) >= 11 is 0. The molecule has 1 heterocycles. The number of esters is 1. The maximum Gasteiger partial charge on any atom is 0.363 e. The number of benzene rings is 3. The van der Waals surface area contributed by atoms with Gasteiger partial charge < -0.3 is 9.47 Å². The molecule has 0 spiro atoms. The molecule has 1 aliphatic heterocycles. The fourth-order valence-electron chi connectivity index (χ4n) is 3.09. The second kappa shape index (κ2) is 8.15. The first-order valence-corrected chi connectivity index (χ1v) is 9.46. The summed E-state index contributed by atoms with van der Waals surface area (Å²) in [5, 5.41) is 0. The monoisotopic (exact) mass is 383 g/mol. The third kappa shape index (κ3) is 4.27. The molecule has 0 fully saturated rings. The minimum absolute atomic E-state index is 0.289. The van der Waals surface area contributed by atoms with Crippen molar-refractivity contribution in [2.45, 2.75) is 20.5 Å². The lowest BCUT2D eigenvalue weighted by Crippen LogP contribution is -2.06. The largest absolute Gasteiger partial charge is 0.489 e. The van der Waals surface area contributed by atoms with Crippen molar-refractivity contribution >= 4 is 17.9 Å². The molecule has 0 atom stereocenters.